The van der Waals surface area contributed by atoms with Gasteiger partial charge in [-0.3, -0.25) is 9.59 Å². The van der Waals surface area contributed by atoms with Crippen LogP contribution in [0.4, 0.5) is 0 Å². The van der Waals surface area contributed by atoms with E-state index >= 15 is 0 Å². The predicted molar refractivity (Wildman–Crippen MR) is 143 cm³/mol. The Labute approximate surface area is 210 Å². The number of hydrogen-bond donors (Lipinski definition) is 3. The van der Waals surface area contributed by atoms with Gasteiger partial charge in [0.2, 0.25) is 0 Å². The molecule has 34 heavy (non-hydrogen) atoms. The molecule has 6 heteroatoms. The average molecular weight is 488 g/mol. The van der Waals surface area contributed by atoms with Crippen LogP contribution < -0.4 is 16.0 Å². The highest BCUT2D eigenvalue weighted by Gasteiger charge is 2.41. The van der Waals surface area contributed by atoms with Gasteiger partial charge in [0, 0.05) is 35.4 Å². The number of aldehydes is 1. The van der Waals surface area contributed by atoms with Crippen molar-refractivity contribution >= 4 is 23.8 Å². The molecule has 0 radical (unpaired) electrons. The summed E-state index contributed by atoms with van der Waals surface area (Å²) in [4.78, 5) is 24.7. The SMILES string of the molecule is CCC(CCCNC)C1(C)Cc2c(Cl)cc(C(=O)NC/C(C=O)=C(C)/C=C(/C)NC)c(C)c2C1. The van der Waals surface area contributed by atoms with Gasteiger partial charge in [-0.05, 0) is 106 Å². The second kappa shape index (κ2) is 12.6. The molecule has 2 atom stereocenters. The van der Waals surface area contributed by atoms with E-state index in [9.17, 15) is 9.59 Å². The first-order valence-corrected chi connectivity index (χ1v) is 12.7. The molecule has 1 aliphatic rings. The van der Waals surface area contributed by atoms with E-state index in [0.717, 1.165) is 55.3 Å². The number of benzene rings is 1. The van der Waals surface area contributed by atoms with Crippen molar-refractivity contribution in [3.8, 4) is 0 Å². The molecule has 0 aromatic heterocycles. The van der Waals surface area contributed by atoms with Gasteiger partial charge in [0.1, 0.15) is 6.29 Å². The van der Waals surface area contributed by atoms with Gasteiger partial charge in [-0.15, -0.1) is 0 Å². The topological polar surface area (TPSA) is 70.2 Å². The van der Waals surface area contributed by atoms with Crippen molar-refractivity contribution in [1.29, 1.82) is 0 Å². The summed E-state index contributed by atoms with van der Waals surface area (Å²) in [7, 11) is 3.83. The lowest BCUT2D eigenvalue weighted by molar-refractivity contribution is -0.105. The number of carbonyl (C=O) groups is 2. The molecule has 0 bridgehead atoms. The molecule has 0 fully saturated rings. The molecule has 188 valence electrons. The van der Waals surface area contributed by atoms with Crippen LogP contribution in [0.2, 0.25) is 5.02 Å². The largest absolute Gasteiger partial charge is 0.392 e. The first-order chi connectivity index (χ1) is 16.1. The van der Waals surface area contributed by atoms with Crippen LogP contribution in [-0.2, 0) is 17.6 Å². The quantitative estimate of drug-likeness (QED) is 0.165. The number of carbonyl (C=O) groups excluding carboxylic acids is 2. The zero-order valence-electron chi connectivity index (χ0n) is 22.0. The molecule has 0 aliphatic heterocycles. The van der Waals surface area contributed by atoms with Crippen molar-refractivity contribution in [2.24, 2.45) is 11.3 Å². The van der Waals surface area contributed by atoms with E-state index in [1.165, 1.54) is 17.5 Å². The Bertz CT molecular complexity index is 967. The van der Waals surface area contributed by atoms with Crippen molar-refractivity contribution in [3.05, 3.63) is 56.3 Å². The molecular formula is C28H42ClN3O2. The van der Waals surface area contributed by atoms with E-state index in [0.29, 0.717) is 22.1 Å². The Hall–Kier alpha value is -2.11. The Morgan fingerprint density at radius 2 is 1.91 bits per heavy atom. The number of rotatable bonds is 12. The van der Waals surface area contributed by atoms with E-state index < -0.39 is 0 Å². The van der Waals surface area contributed by atoms with E-state index in [1.54, 1.807) is 6.07 Å². The van der Waals surface area contributed by atoms with Crippen molar-refractivity contribution in [2.45, 2.75) is 66.7 Å². The van der Waals surface area contributed by atoms with Gasteiger partial charge in [-0.25, -0.2) is 0 Å². The molecule has 1 aliphatic carbocycles. The zero-order valence-corrected chi connectivity index (χ0v) is 22.7. The zero-order chi connectivity index (χ0) is 25.5. The van der Waals surface area contributed by atoms with Crippen molar-refractivity contribution in [1.82, 2.24) is 16.0 Å². The average Bonchev–Trinajstić information content (AvgIpc) is 3.18. The highest BCUT2D eigenvalue weighted by molar-refractivity contribution is 6.32. The lowest BCUT2D eigenvalue weighted by atomic mass is 9.71. The maximum Gasteiger partial charge on any atom is 0.251 e. The fourth-order valence-corrected chi connectivity index (χ4v) is 5.58. The summed E-state index contributed by atoms with van der Waals surface area (Å²) < 4.78 is 0. The van der Waals surface area contributed by atoms with Gasteiger partial charge in [0.05, 0.1) is 0 Å². The third-order valence-corrected chi connectivity index (χ3v) is 7.90. The van der Waals surface area contributed by atoms with Crippen LogP contribution in [0.1, 0.15) is 74.0 Å². The first-order valence-electron chi connectivity index (χ1n) is 12.4. The molecule has 5 nitrogen and oxygen atoms in total. The molecule has 0 saturated heterocycles. The van der Waals surface area contributed by atoms with Crippen LogP contribution in [0.25, 0.3) is 0 Å². The van der Waals surface area contributed by atoms with Gasteiger partial charge in [-0.1, -0.05) is 31.9 Å². The Morgan fingerprint density at radius 1 is 1.24 bits per heavy atom. The standard InChI is InChI=1S/C28H42ClN3O2/c1-8-22(10-9-11-30-6)28(5)14-24-20(4)23(13-26(29)25(24)15-28)27(34)32-16-21(17-33)18(2)12-19(3)31-7/h12-13,17,22,30-31H,8-11,14-16H2,1-7H3,(H,32,34)/b19-12-,21-18-. The van der Waals surface area contributed by atoms with Crippen LogP contribution in [0.15, 0.2) is 29.0 Å². The number of hydrogen-bond acceptors (Lipinski definition) is 4. The van der Waals surface area contributed by atoms with Crippen LogP contribution in [0, 0.1) is 18.3 Å². The van der Waals surface area contributed by atoms with Gasteiger partial charge < -0.3 is 16.0 Å². The van der Waals surface area contributed by atoms with Gasteiger partial charge >= 0.3 is 0 Å². The van der Waals surface area contributed by atoms with E-state index in [1.807, 2.05) is 40.9 Å². The van der Waals surface area contributed by atoms with Crippen LogP contribution in [0.3, 0.4) is 0 Å². The van der Waals surface area contributed by atoms with E-state index in [4.69, 9.17) is 11.6 Å². The van der Waals surface area contributed by atoms with Crippen LogP contribution in [0.5, 0.6) is 0 Å². The molecule has 2 rings (SSSR count). The molecule has 1 aromatic carbocycles. The Balaban J connectivity index is 2.25. The van der Waals surface area contributed by atoms with Crippen molar-refractivity contribution in [2.75, 3.05) is 27.2 Å². The van der Waals surface area contributed by atoms with Crippen molar-refractivity contribution in [3.63, 3.8) is 0 Å². The summed E-state index contributed by atoms with van der Waals surface area (Å²) in [5, 5.41) is 9.90. The minimum absolute atomic E-state index is 0.149. The maximum absolute atomic E-state index is 13.1. The van der Waals surface area contributed by atoms with Crippen LogP contribution in [-0.4, -0.2) is 39.4 Å². The number of allylic oxidation sites excluding steroid dienone is 3. The van der Waals surface area contributed by atoms with Crippen LogP contribution >= 0.6 is 11.6 Å². The van der Waals surface area contributed by atoms with E-state index in [-0.39, 0.29) is 17.9 Å². The molecule has 2 unspecified atom stereocenters. The normalized spacial score (nSPS) is 19.4. The number of fused-ring (bicyclic) bond motifs is 1. The number of halogens is 1. The van der Waals surface area contributed by atoms with E-state index in [2.05, 4.69) is 29.8 Å². The summed E-state index contributed by atoms with van der Waals surface area (Å²) in [5.74, 6) is 0.414. The molecule has 3 N–H and O–H groups in total. The first kappa shape index (κ1) is 28.1. The summed E-state index contributed by atoms with van der Waals surface area (Å²) >= 11 is 6.74. The minimum Gasteiger partial charge on any atom is -0.392 e. The fraction of sp³-hybridized carbons (Fsp3) is 0.571. The lowest BCUT2D eigenvalue weighted by Gasteiger charge is -2.34. The molecular weight excluding hydrogens is 446 g/mol. The second-order valence-electron chi connectivity index (χ2n) is 9.93. The predicted octanol–water partition coefficient (Wildman–Crippen LogP) is 5.15. The molecule has 0 heterocycles. The summed E-state index contributed by atoms with van der Waals surface area (Å²) in [6.07, 6.45) is 8.09. The number of amides is 1. The lowest BCUT2D eigenvalue weighted by Crippen LogP contribution is -2.29. The third-order valence-electron chi connectivity index (χ3n) is 7.56. The summed E-state index contributed by atoms with van der Waals surface area (Å²) in [6.45, 7) is 11.7. The molecule has 0 saturated carbocycles. The highest BCUT2D eigenvalue weighted by atomic mass is 35.5. The summed E-state index contributed by atoms with van der Waals surface area (Å²) in [6, 6.07) is 1.81. The fourth-order valence-electron chi connectivity index (χ4n) is 5.29. The molecule has 1 amide bonds. The monoisotopic (exact) mass is 487 g/mol. The van der Waals surface area contributed by atoms with Gasteiger partial charge in [-0.2, -0.15) is 0 Å². The summed E-state index contributed by atoms with van der Waals surface area (Å²) in [5.41, 5.74) is 6.49. The van der Waals surface area contributed by atoms with Gasteiger partial charge in [0.15, 0.2) is 0 Å². The molecule has 1 aromatic rings. The maximum atomic E-state index is 13.1. The number of nitrogens with one attached hydrogen (secondary N) is 3. The Kier molecular flexibility index (Phi) is 10.4. The van der Waals surface area contributed by atoms with Crippen molar-refractivity contribution < 1.29 is 9.59 Å². The Morgan fingerprint density at radius 3 is 2.50 bits per heavy atom. The highest BCUT2D eigenvalue weighted by Crippen LogP contribution is 2.48. The van der Waals surface area contributed by atoms with Gasteiger partial charge in [0.25, 0.3) is 5.91 Å². The molecule has 0 spiro atoms. The smallest absolute Gasteiger partial charge is 0.251 e. The second-order valence-corrected chi connectivity index (χ2v) is 10.3. The minimum atomic E-state index is -0.196. The third kappa shape index (κ3) is 6.51.